The minimum Gasteiger partial charge on any atom is -0.238 e. The first kappa shape index (κ1) is 13.0. The van der Waals surface area contributed by atoms with Crippen molar-refractivity contribution in [2.45, 2.75) is 40.0 Å². The van der Waals surface area contributed by atoms with Crippen LogP contribution >= 0.6 is 10.0 Å². The van der Waals surface area contributed by atoms with Crippen LogP contribution in [0.4, 0.5) is 0 Å². The lowest BCUT2D eigenvalue weighted by molar-refractivity contribution is 0.993. The zero-order valence-electron chi connectivity index (χ0n) is 11.6. The molecule has 0 amide bonds. The van der Waals surface area contributed by atoms with Crippen LogP contribution in [0, 0.1) is 0 Å². The molecule has 17 heavy (non-hydrogen) atoms. The average Bonchev–Trinajstić information content (AvgIpc) is 2.79. The Morgan fingerprint density at radius 2 is 1.59 bits per heavy atom. The van der Waals surface area contributed by atoms with E-state index in [9.17, 15) is 0 Å². The molecule has 0 unspecified atom stereocenters. The average molecular weight is 250 g/mol. The summed E-state index contributed by atoms with van der Waals surface area (Å²) in [5.41, 5.74) is 4.91. The molecule has 0 aromatic carbocycles. The molecule has 0 saturated carbocycles. The van der Waals surface area contributed by atoms with Gasteiger partial charge in [0.25, 0.3) is 0 Å². The molecule has 0 atom stereocenters. The number of hydrogen-bond acceptors (Lipinski definition) is 0. The summed E-state index contributed by atoms with van der Waals surface area (Å²) in [7, 11) is -0.381. The lowest BCUT2D eigenvalue weighted by Crippen LogP contribution is -2.15. The van der Waals surface area contributed by atoms with Crippen LogP contribution in [0.5, 0.6) is 0 Å². The number of fused-ring (bicyclic) bond motifs is 1. The predicted molar refractivity (Wildman–Crippen MR) is 82.2 cm³/mol. The third-order valence-corrected chi connectivity index (χ3v) is 9.06. The third-order valence-electron chi connectivity index (χ3n) is 4.46. The maximum absolute atomic E-state index is 2.51. The Balaban J connectivity index is 2.14. The molecule has 0 heterocycles. The highest BCUT2D eigenvalue weighted by Gasteiger charge is 2.25. The molecule has 0 aliphatic heterocycles. The van der Waals surface area contributed by atoms with Gasteiger partial charge in [0, 0.05) is 5.75 Å². The first-order chi connectivity index (χ1) is 8.24. The Hall–Kier alpha value is -0.430. The molecule has 0 fully saturated rings. The minimum atomic E-state index is -0.381. The Kier molecular flexibility index (Phi) is 4.19. The van der Waals surface area contributed by atoms with E-state index in [4.69, 9.17) is 0 Å². The lowest BCUT2D eigenvalue weighted by atomic mass is 9.97. The normalized spacial score (nSPS) is 20.5. The summed E-state index contributed by atoms with van der Waals surface area (Å²) >= 11 is 0. The third kappa shape index (κ3) is 2.54. The van der Waals surface area contributed by atoms with Gasteiger partial charge >= 0.3 is 0 Å². The standard InChI is InChI=1S/C16H26S/c1-4-17(5-2,6-3)13-15-12-11-14-9-7-8-10-16(14)15/h9-10,12H,4-8,11,13H2,1-3H3. The van der Waals surface area contributed by atoms with Gasteiger partial charge in [-0.3, -0.25) is 0 Å². The van der Waals surface area contributed by atoms with Gasteiger partial charge < -0.3 is 0 Å². The van der Waals surface area contributed by atoms with E-state index in [2.05, 4.69) is 39.0 Å². The summed E-state index contributed by atoms with van der Waals surface area (Å²) in [6.45, 7) is 7.18. The molecule has 1 heteroatoms. The molecular weight excluding hydrogens is 224 g/mol. The van der Waals surface area contributed by atoms with Gasteiger partial charge in [0.2, 0.25) is 0 Å². The van der Waals surface area contributed by atoms with Crippen LogP contribution in [0.2, 0.25) is 0 Å². The molecule has 0 N–H and O–H groups in total. The predicted octanol–water partition coefficient (Wildman–Crippen LogP) is 4.83. The summed E-state index contributed by atoms with van der Waals surface area (Å²) < 4.78 is 0. The van der Waals surface area contributed by atoms with Gasteiger partial charge in [0.1, 0.15) is 0 Å². The zero-order valence-corrected chi connectivity index (χ0v) is 12.4. The largest absolute Gasteiger partial charge is 0.238 e. The van der Waals surface area contributed by atoms with E-state index in [1.807, 2.05) is 0 Å². The van der Waals surface area contributed by atoms with Crippen molar-refractivity contribution in [3.63, 3.8) is 0 Å². The second-order valence-corrected chi connectivity index (χ2v) is 9.56. The Labute approximate surface area is 108 Å². The molecule has 2 rings (SSSR count). The summed E-state index contributed by atoms with van der Waals surface area (Å²) in [5, 5.41) is 0. The quantitative estimate of drug-likeness (QED) is 0.656. The summed E-state index contributed by atoms with van der Waals surface area (Å²) in [6, 6.07) is 0. The molecule has 0 aromatic rings. The molecule has 2 aliphatic rings. The fourth-order valence-corrected chi connectivity index (χ4v) is 5.76. The lowest BCUT2D eigenvalue weighted by Gasteiger charge is -2.38. The number of allylic oxidation sites excluding steroid dienone is 5. The van der Waals surface area contributed by atoms with Crippen molar-refractivity contribution < 1.29 is 0 Å². The number of hydrogen-bond donors (Lipinski definition) is 0. The van der Waals surface area contributed by atoms with Gasteiger partial charge in [-0.2, -0.15) is 0 Å². The molecule has 0 radical (unpaired) electrons. The van der Waals surface area contributed by atoms with Gasteiger partial charge in [-0.25, -0.2) is 10.0 Å². The van der Waals surface area contributed by atoms with Crippen molar-refractivity contribution in [3.05, 3.63) is 34.9 Å². The van der Waals surface area contributed by atoms with Gasteiger partial charge in [-0.15, -0.1) is 0 Å². The maximum Gasteiger partial charge on any atom is 0.00278 e. The van der Waals surface area contributed by atoms with E-state index in [1.54, 1.807) is 16.7 Å². The first-order valence-electron chi connectivity index (χ1n) is 7.07. The van der Waals surface area contributed by atoms with Crippen molar-refractivity contribution in [2.24, 2.45) is 0 Å². The first-order valence-corrected chi connectivity index (χ1v) is 9.38. The van der Waals surface area contributed by atoms with E-state index < -0.39 is 0 Å². The van der Waals surface area contributed by atoms with Gasteiger partial charge in [-0.1, -0.05) is 39.0 Å². The van der Waals surface area contributed by atoms with Gasteiger partial charge in [0.05, 0.1) is 0 Å². The maximum atomic E-state index is 2.51. The zero-order chi connectivity index (χ0) is 12.3. The highest BCUT2D eigenvalue weighted by atomic mass is 32.3. The second kappa shape index (κ2) is 5.48. The van der Waals surface area contributed by atoms with E-state index in [0.29, 0.717) is 0 Å². The van der Waals surface area contributed by atoms with E-state index >= 15 is 0 Å². The smallest absolute Gasteiger partial charge is 0.00278 e. The Bertz CT molecular complexity index is 359. The molecular formula is C16H26S. The van der Waals surface area contributed by atoms with Gasteiger partial charge in [-0.05, 0) is 53.2 Å². The van der Waals surface area contributed by atoms with Crippen LogP contribution < -0.4 is 0 Å². The highest BCUT2D eigenvalue weighted by molar-refractivity contribution is 8.33. The minimum absolute atomic E-state index is 0.381. The van der Waals surface area contributed by atoms with E-state index in [0.717, 1.165) is 0 Å². The van der Waals surface area contributed by atoms with Crippen LogP contribution in [-0.4, -0.2) is 23.0 Å². The van der Waals surface area contributed by atoms with E-state index in [-0.39, 0.29) is 10.0 Å². The topological polar surface area (TPSA) is 0 Å². The van der Waals surface area contributed by atoms with Gasteiger partial charge in [0.15, 0.2) is 0 Å². The second-order valence-electron chi connectivity index (χ2n) is 5.09. The van der Waals surface area contributed by atoms with Crippen molar-refractivity contribution in [2.75, 3.05) is 23.0 Å². The van der Waals surface area contributed by atoms with E-state index in [1.165, 1.54) is 42.3 Å². The molecule has 0 spiro atoms. The number of rotatable bonds is 5. The van der Waals surface area contributed by atoms with Crippen LogP contribution in [0.1, 0.15) is 40.0 Å². The van der Waals surface area contributed by atoms with Crippen molar-refractivity contribution in [3.8, 4) is 0 Å². The Morgan fingerprint density at radius 1 is 0.941 bits per heavy atom. The van der Waals surface area contributed by atoms with Crippen LogP contribution in [0.25, 0.3) is 0 Å². The monoisotopic (exact) mass is 250 g/mol. The van der Waals surface area contributed by atoms with Crippen molar-refractivity contribution in [1.29, 1.82) is 0 Å². The molecule has 2 aliphatic carbocycles. The van der Waals surface area contributed by atoms with Crippen LogP contribution in [-0.2, 0) is 0 Å². The fraction of sp³-hybridized carbons (Fsp3) is 0.625. The molecule has 96 valence electrons. The Morgan fingerprint density at radius 3 is 2.24 bits per heavy atom. The summed E-state index contributed by atoms with van der Waals surface area (Å²) in [5.74, 6) is 5.55. The summed E-state index contributed by atoms with van der Waals surface area (Å²) in [4.78, 5) is 0. The molecule has 0 nitrogen and oxygen atoms in total. The molecule has 0 aromatic heterocycles. The summed E-state index contributed by atoms with van der Waals surface area (Å²) in [6.07, 6.45) is 11.2. The van der Waals surface area contributed by atoms with Crippen LogP contribution in [0.3, 0.4) is 0 Å². The fourth-order valence-electron chi connectivity index (χ4n) is 2.99. The molecule has 0 saturated heterocycles. The van der Waals surface area contributed by atoms with Crippen molar-refractivity contribution >= 4 is 10.0 Å². The van der Waals surface area contributed by atoms with Crippen molar-refractivity contribution in [1.82, 2.24) is 0 Å². The van der Waals surface area contributed by atoms with Crippen LogP contribution in [0.15, 0.2) is 34.9 Å². The molecule has 0 bridgehead atoms. The highest BCUT2D eigenvalue weighted by Crippen LogP contribution is 2.51. The SMILES string of the molecule is CCS(CC)(CC)CC1=CCC2=CCCC=C21.